The molecule has 2 aromatic heterocycles. The lowest BCUT2D eigenvalue weighted by Crippen LogP contribution is -2.08. The lowest BCUT2D eigenvalue weighted by molar-refractivity contribution is -0.131. The average molecular weight is 434 g/mol. The molecule has 4 aromatic rings. The molecule has 0 saturated carbocycles. The number of halogens is 1. The number of pyridine rings is 1. The smallest absolute Gasteiger partial charge is 0.308 e. The summed E-state index contributed by atoms with van der Waals surface area (Å²) < 4.78 is 7.31. The molecule has 0 aliphatic carbocycles. The fraction of sp³-hybridized carbons (Fsp3) is 0.240. The number of benzene rings is 2. The van der Waals surface area contributed by atoms with Gasteiger partial charge < -0.3 is 4.74 Å². The van der Waals surface area contributed by atoms with E-state index in [4.69, 9.17) is 21.3 Å². The van der Waals surface area contributed by atoms with E-state index >= 15 is 0 Å². The maximum absolute atomic E-state index is 11.7. The van der Waals surface area contributed by atoms with Gasteiger partial charge in [-0.1, -0.05) is 37.6 Å². The molecule has 6 heteroatoms. The molecule has 0 aliphatic heterocycles. The number of carbonyl (C=O) groups is 1. The van der Waals surface area contributed by atoms with Crippen LogP contribution in [0.5, 0.6) is 5.75 Å². The van der Waals surface area contributed by atoms with Crippen LogP contribution in [0.1, 0.15) is 49.1 Å². The van der Waals surface area contributed by atoms with Crippen molar-refractivity contribution in [3.05, 3.63) is 82.3 Å². The van der Waals surface area contributed by atoms with Crippen LogP contribution in [-0.2, 0) is 11.2 Å². The Morgan fingerprint density at radius 1 is 1.16 bits per heavy atom. The molecular weight excluding hydrogens is 410 g/mol. The number of aryl methyl sites for hydroxylation is 1. The number of carbonyl (C=O) groups excluding carboxylic acids is 1. The highest BCUT2D eigenvalue weighted by molar-refractivity contribution is 6.35. The van der Waals surface area contributed by atoms with Gasteiger partial charge in [-0.05, 0) is 66.3 Å². The van der Waals surface area contributed by atoms with E-state index in [2.05, 4.69) is 43.2 Å². The maximum Gasteiger partial charge on any atom is 0.308 e. The van der Waals surface area contributed by atoms with E-state index in [1.165, 1.54) is 6.92 Å². The van der Waals surface area contributed by atoms with Crippen LogP contribution < -0.4 is 4.74 Å². The van der Waals surface area contributed by atoms with E-state index in [1.807, 2.05) is 23.9 Å². The van der Waals surface area contributed by atoms with Crippen molar-refractivity contribution in [2.75, 3.05) is 0 Å². The van der Waals surface area contributed by atoms with Gasteiger partial charge in [0.25, 0.3) is 0 Å². The van der Waals surface area contributed by atoms with Crippen molar-refractivity contribution in [2.24, 2.45) is 0 Å². The number of ether oxygens (including phenoxy) is 1. The molecule has 5 nitrogen and oxygen atoms in total. The Bertz CT molecular complexity index is 1250. The molecule has 0 aliphatic rings. The number of hydrogen-bond acceptors (Lipinski definition) is 4. The monoisotopic (exact) mass is 433 g/mol. The van der Waals surface area contributed by atoms with E-state index < -0.39 is 0 Å². The van der Waals surface area contributed by atoms with Crippen molar-refractivity contribution in [1.29, 1.82) is 0 Å². The fourth-order valence-electron chi connectivity index (χ4n) is 3.88. The first-order valence-electron chi connectivity index (χ1n) is 10.2. The van der Waals surface area contributed by atoms with E-state index in [0.717, 1.165) is 33.5 Å². The molecule has 0 spiro atoms. The number of rotatable bonds is 5. The minimum atomic E-state index is -0.369. The van der Waals surface area contributed by atoms with Gasteiger partial charge in [-0.25, -0.2) is 4.68 Å². The van der Waals surface area contributed by atoms with Crippen LogP contribution >= 0.6 is 11.6 Å². The van der Waals surface area contributed by atoms with Gasteiger partial charge in [0.1, 0.15) is 5.75 Å². The number of aromatic nitrogens is 3. The van der Waals surface area contributed by atoms with Gasteiger partial charge in [0.05, 0.1) is 16.2 Å². The zero-order chi connectivity index (χ0) is 22.1. The van der Waals surface area contributed by atoms with Gasteiger partial charge in [-0.15, -0.1) is 0 Å². The van der Waals surface area contributed by atoms with Crippen molar-refractivity contribution < 1.29 is 9.53 Å². The van der Waals surface area contributed by atoms with Gasteiger partial charge in [0.15, 0.2) is 0 Å². The van der Waals surface area contributed by atoms with Crippen molar-refractivity contribution in [1.82, 2.24) is 14.8 Å². The van der Waals surface area contributed by atoms with Crippen molar-refractivity contribution >= 4 is 28.5 Å². The molecule has 0 N–H and O–H groups in total. The first-order valence-corrected chi connectivity index (χ1v) is 10.6. The summed E-state index contributed by atoms with van der Waals surface area (Å²) in [5.74, 6) is 0.337. The molecule has 0 fully saturated rings. The molecule has 2 aromatic carbocycles. The van der Waals surface area contributed by atoms with Crippen LogP contribution in [0, 0.1) is 6.92 Å². The van der Waals surface area contributed by atoms with Gasteiger partial charge in [0, 0.05) is 30.4 Å². The quantitative estimate of drug-likeness (QED) is 0.285. The molecule has 158 valence electrons. The molecular formula is C25H24ClN3O2. The largest absolute Gasteiger partial charge is 0.426 e. The van der Waals surface area contributed by atoms with Gasteiger partial charge in [0.2, 0.25) is 0 Å². The highest BCUT2D eigenvalue weighted by Crippen LogP contribution is 2.37. The number of hydrogen-bond donors (Lipinski definition) is 0. The van der Waals surface area contributed by atoms with Crippen LogP contribution in [0.3, 0.4) is 0 Å². The average Bonchev–Trinajstić information content (AvgIpc) is 3.26. The molecule has 0 unspecified atom stereocenters. The summed E-state index contributed by atoms with van der Waals surface area (Å²) >= 11 is 6.48. The first kappa shape index (κ1) is 21.1. The second-order valence-corrected chi connectivity index (χ2v) is 8.32. The zero-order valence-electron chi connectivity index (χ0n) is 18.0. The van der Waals surface area contributed by atoms with E-state index in [9.17, 15) is 4.79 Å². The molecule has 0 radical (unpaired) electrons. The van der Waals surface area contributed by atoms with Crippen LogP contribution in [0.15, 0.2) is 54.9 Å². The van der Waals surface area contributed by atoms with E-state index in [-0.39, 0.29) is 11.9 Å². The normalized spacial score (nSPS) is 11.3. The Hall–Kier alpha value is -3.18. The third-order valence-electron chi connectivity index (χ3n) is 5.35. The first-order chi connectivity index (χ1) is 14.8. The highest BCUT2D eigenvalue weighted by Gasteiger charge is 2.20. The molecule has 0 bridgehead atoms. The van der Waals surface area contributed by atoms with Gasteiger partial charge >= 0.3 is 5.97 Å². The second kappa shape index (κ2) is 8.52. The number of fused-ring (bicyclic) bond motifs is 1. The predicted molar refractivity (Wildman–Crippen MR) is 123 cm³/mol. The Kier molecular flexibility index (Phi) is 5.79. The Morgan fingerprint density at radius 2 is 1.90 bits per heavy atom. The standard InChI is InChI=1S/C25H24ClN3O2/c1-15(2)24-20(14-18-6-8-19(9-7-18)29-13-5-12-27-29)16(3)23-22(31-17(4)30)11-10-21(26)25(23)28-24/h5-13,15H,14H2,1-4H3. The lowest BCUT2D eigenvalue weighted by atomic mass is 9.91. The lowest BCUT2D eigenvalue weighted by Gasteiger charge is -2.19. The summed E-state index contributed by atoms with van der Waals surface area (Å²) in [5.41, 5.74) is 6.00. The summed E-state index contributed by atoms with van der Waals surface area (Å²) in [4.78, 5) is 16.6. The summed E-state index contributed by atoms with van der Waals surface area (Å²) in [7, 11) is 0. The highest BCUT2D eigenvalue weighted by atomic mass is 35.5. The molecule has 31 heavy (non-hydrogen) atoms. The molecule has 0 saturated heterocycles. The van der Waals surface area contributed by atoms with Crippen LogP contribution in [0.4, 0.5) is 0 Å². The zero-order valence-corrected chi connectivity index (χ0v) is 18.8. The van der Waals surface area contributed by atoms with Crippen LogP contribution in [-0.4, -0.2) is 20.7 Å². The third kappa shape index (κ3) is 4.19. The molecule has 0 amide bonds. The molecule has 4 rings (SSSR count). The minimum Gasteiger partial charge on any atom is -0.426 e. The fourth-order valence-corrected chi connectivity index (χ4v) is 4.08. The minimum absolute atomic E-state index is 0.217. The maximum atomic E-state index is 11.7. The third-order valence-corrected chi connectivity index (χ3v) is 5.65. The Labute approximate surface area is 186 Å². The number of nitrogens with zero attached hydrogens (tertiary/aromatic N) is 3. The molecule has 2 heterocycles. The van der Waals surface area contributed by atoms with Crippen molar-refractivity contribution in [3.63, 3.8) is 0 Å². The Balaban J connectivity index is 1.83. The van der Waals surface area contributed by atoms with Gasteiger partial charge in [-0.3, -0.25) is 9.78 Å². The predicted octanol–water partition coefficient (Wildman–Crippen LogP) is 6.02. The van der Waals surface area contributed by atoms with Crippen LogP contribution in [0.25, 0.3) is 16.6 Å². The summed E-state index contributed by atoms with van der Waals surface area (Å²) in [5, 5.41) is 5.61. The summed E-state index contributed by atoms with van der Waals surface area (Å²) in [6.07, 6.45) is 4.40. The second-order valence-electron chi connectivity index (χ2n) is 7.91. The van der Waals surface area contributed by atoms with E-state index in [1.54, 1.807) is 18.3 Å². The van der Waals surface area contributed by atoms with Gasteiger partial charge in [-0.2, -0.15) is 5.10 Å². The molecule has 0 atom stereocenters. The van der Waals surface area contributed by atoms with Crippen LogP contribution in [0.2, 0.25) is 5.02 Å². The Morgan fingerprint density at radius 3 is 2.52 bits per heavy atom. The van der Waals surface area contributed by atoms with E-state index in [0.29, 0.717) is 22.7 Å². The summed E-state index contributed by atoms with van der Waals surface area (Å²) in [6, 6.07) is 13.7. The van der Waals surface area contributed by atoms with Crippen molar-refractivity contribution in [3.8, 4) is 11.4 Å². The van der Waals surface area contributed by atoms with Crippen molar-refractivity contribution in [2.45, 2.75) is 40.0 Å². The summed E-state index contributed by atoms with van der Waals surface area (Å²) in [6.45, 7) is 7.70. The SMILES string of the molecule is CC(=O)Oc1ccc(Cl)c2nc(C(C)C)c(Cc3ccc(-n4cccn4)cc3)c(C)c12. The topological polar surface area (TPSA) is 57.0 Å². The number of esters is 1.